The molecule has 0 bridgehead atoms. The van der Waals surface area contributed by atoms with Crippen molar-refractivity contribution in [3.05, 3.63) is 35.9 Å². The third-order valence-electron chi connectivity index (χ3n) is 3.12. The number of rotatable bonds is 8. The Hall–Kier alpha value is -1.35. The van der Waals surface area contributed by atoms with Crippen LogP contribution in [0.25, 0.3) is 0 Å². The molecular weight excluding hydrogens is 228 g/mol. The molecule has 3 nitrogen and oxygen atoms in total. The average Bonchev–Trinajstić information content (AvgIpc) is 2.33. The molecule has 1 N–H and O–H groups in total. The minimum Gasteiger partial charge on any atom is -0.481 e. The maximum atomic E-state index is 10.7. The quantitative estimate of drug-likeness (QED) is 0.720. The molecule has 1 aromatic rings. The third-order valence-corrected chi connectivity index (χ3v) is 3.12. The van der Waals surface area contributed by atoms with E-state index in [4.69, 9.17) is 9.84 Å². The zero-order chi connectivity index (χ0) is 13.4. The van der Waals surface area contributed by atoms with Crippen LogP contribution < -0.4 is 0 Å². The molecule has 1 atom stereocenters. The van der Waals surface area contributed by atoms with Crippen LogP contribution in [0.1, 0.15) is 32.3 Å². The highest BCUT2D eigenvalue weighted by atomic mass is 16.5. The Morgan fingerprint density at radius 3 is 2.50 bits per heavy atom. The van der Waals surface area contributed by atoms with E-state index < -0.39 is 5.97 Å². The van der Waals surface area contributed by atoms with Gasteiger partial charge in [-0.05, 0) is 23.8 Å². The molecule has 0 saturated carbocycles. The number of carboxylic acid groups (broad SMARTS) is 1. The molecule has 3 heteroatoms. The van der Waals surface area contributed by atoms with E-state index in [1.54, 1.807) is 0 Å². The molecule has 0 heterocycles. The van der Waals surface area contributed by atoms with Crippen LogP contribution in [-0.2, 0) is 16.1 Å². The highest BCUT2D eigenvalue weighted by Crippen LogP contribution is 2.19. The summed E-state index contributed by atoms with van der Waals surface area (Å²) in [7, 11) is 0. The lowest BCUT2D eigenvalue weighted by molar-refractivity contribution is -0.138. The van der Waals surface area contributed by atoms with Crippen LogP contribution in [-0.4, -0.2) is 17.7 Å². The predicted molar refractivity (Wildman–Crippen MR) is 71.3 cm³/mol. The second-order valence-corrected chi connectivity index (χ2v) is 4.93. The van der Waals surface area contributed by atoms with Gasteiger partial charge in [-0.3, -0.25) is 4.79 Å². The molecule has 1 rings (SSSR count). The van der Waals surface area contributed by atoms with Gasteiger partial charge >= 0.3 is 5.97 Å². The average molecular weight is 250 g/mol. The Labute approximate surface area is 109 Å². The lowest BCUT2D eigenvalue weighted by Crippen LogP contribution is -2.16. The second-order valence-electron chi connectivity index (χ2n) is 4.93. The first-order valence-electron chi connectivity index (χ1n) is 6.43. The zero-order valence-corrected chi connectivity index (χ0v) is 11.1. The van der Waals surface area contributed by atoms with Crippen molar-refractivity contribution in [3.63, 3.8) is 0 Å². The number of carbonyl (C=O) groups is 1. The summed E-state index contributed by atoms with van der Waals surface area (Å²) in [6, 6.07) is 10.00. The number of benzene rings is 1. The van der Waals surface area contributed by atoms with E-state index in [-0.39, 0.29) is 12.3 Å². The molecular formula is C15H22O3. The first-order chi connectivity index (χ1) is 8.59. The molecule has 0 aliphatic carbocycles. The van der Waals surface area contributed by atoms with Gasteiger partial charge in [0, 0.05) is 13.0 Å². The molecule has 0 radical (unpaired) electrons. The van der Waals surface area contributed by atoms with Gasteiger partial charge in [0.2, 0.25) is 0 Å². The molecule has 0 aromatic heterocycles. The van der Waals surface area contributed by atoms with E-state index >= 15 is 0 Å². The van der Waals surface area contributed by atoms with Crippen LogP contribution in [0, 0.1) is 11.8 Å². The van der Waals surface area contributed by atoms with Crippen molar-refractivity contribution >= 4 is 5.97 Å². The largest absolute Gasteiger partial charge is 0.481 e. The second kappa shape index (κ2) is 7.88. The van der Waals surface area contributed by atoms with Gasteiger partial charge < -0.3 is 9.84 Å². The number of hydrogen-bond donors (Lipinski definition) is 1. The molecule has 0 unspecified atom stereocenters. The first-order valence-corrected chi connectivity index (χ1v) is 6.43. The van der Waals surface area contributed by atoms with Crippen LogP contribution in [0.2, 0.25) is 0 Å². The summed E-state index contributed by atoms with van der Waals surface area (Å²) < 4.78 is 5.59. The van der Waals surface area contributed by atoms with Crippen molar-refractivity contribution in [2.45, 2.75) is 33.3 Å². The predicted octanol–water partition coefficient (Wildman–Crippen LogP) is 3.34. The van der Waals surface area contributed by atoms with E-state index in [0.29, 0.717) is 19.1 Å². The van der Waals surface area contributed by atoms with Crippen LogP contribution >= 0.6 is 0 Å². The molecule has 100 valence electrons. The van der Waals surface area contributed by atoms with E-state index in [1.165, 1.54) is 0 Å². The van der Waals surface area contributed by atoms with Crippen LogP contribution in [0.15, 0.2) is 30.3 Å². The Balaban J connectivity index is 2.25. The summed E-state index contributed by atoms with van der Waals surface area (Å²) in [5.41, 5.74) is 1.15. The van der Waals surface area contributed by atoms with E-state index in [1.807, 2.05) is 30.3 Å². The molecule has 0 aliphatic heterocycles. The summed E-state index contributed by atoms with van der Waals surface area (Å²) in [6.07, 6.45) is 1.03. The number of aliphatic carboxylic acids is 1. The molecule has 18 heavy (non-hydrogen) atoms. The minimum absolute atomic E-state index is 0.193. The van der Waals surface area contributed by atoms with Crippen molar-refractivity contribution in [2.75, 3.05) is 6.61 Å². The number of hydrogen-bond acceptors (Lipinski definition) is 2. The first kappa shape index (κ1) is 14.7. The molecule has 0 fully saturated rings. The summed E-state index contributed by atoms with van der Waals surface area (Å²) >= 11 is 0. The smallest absolute Gasteiger partial charge is 0.303 e. The van der Waals surface area contributed by atoms with Crippen LogP contribution in [0.4, 0.5) is 0 Å². The Kier molecular flexibility index (Phi) is 6.44. The van der Waals surface area contributed by atoms with Crippen LogP contribution in [0.5, 0.6) is 0 Å². The van der Waals surface area contributed by atoms with Crippen molar-refractivity contribution in [2.24, 2.45) is 11.8 Å². The maximum absolute atomic E-state index is 10.7. The molecule has 0 saturated heterocycles. The summed E-state index contributed by atoms with van der Waals surface area (Å²) in [4.78, 5) is 10.7. The van der Waals surface area contributed by atoms with Crippen molar-refractivity contribution in [1.29, 1.82) is 0 Å². The Bertz CT molecular complexity index is 346. The molecule has 1 aromatic carbocycles. The Morgan fingerprint density at radius 2 is 1.94 bits per heavy atom. The van der Waals surface area contributed by atoms with E-state index in [0.717, 1.165) is 12.0 Å². The normalized spacial score (nSPS) is 12.6. The maximum Gasteiger partial charge on any atom is 0.303 e. The standard InChI is InChI=1S/C15H22O3/c1-12(2)14(10-15(16)17)8-9-18-11-13-6-4-3-5-7-13/h3-7,12,14H,8-11H2,1-2H3,(H,16,17)/t14-/m0/s1. The zero-order valence-electron chi connectivity index (χ0n) is 11.1. The van der Waals surface area contributed by atoms with Gasteiger partial charge in [-0.15, -0.1) is 0 Å². The van der Waals surface area contributed by atoms with E-state index in [9.17, 15) is 4.79 Å². The van der Waals surface area contributed by atoms with Crippen molar-refractivity contribution < 1.29 is 14.6 Å². The summed E-state index contributed by atoms with van der Waals surface area (Å²) in [5.74, 6) is -0.156. The topological polar surface area (TPSA) is 46.5 Å². The lowest BCUT2D eigenvalue weighted by atomic mass is 9.90. The highest BCUT2D eigenvalue weighted by Gasteiger charge is 2.16. The molecule has 0 amide bonds. The monoisotopic (exact) mass is 250 g/mol. The fourth-order valence-corrected chi connectivity index (χ4v) is 1.89. The van der Waals surface area contributed by atoms with Gasteiger partial charge in [-0.2, -0.15) is 0 Å². The Morgan fingerprint density at radius 1 is 1.28 bits per heavy atom. The van der Waals surface area contributed by atoms with Crippen LogP contribution in [0.3, 0.4) is 0 Å². The van der Waals surface area contributed by atoms with Gasteiger partial charge in [-0.25, -0.2) is 0 Å². The SMILES string of the molecule is CC(C)[C@@H](CCOCc1ccccc1)CC(=O)O. The van der Waals surface area contributed by atoms with Gasteiger partial charge in [0.15, 0.2) is 0 Å². The summed E-state index contributed by atoms with van der Waals surface area (Å²) in [5, 5.41) is 8.83. The fraction of sp³-hybridized carbons (Fsp3) is 0.533. The van der Waals surface area contributed by atoms with Crippen molar-refractivity contribution in [1.82, 2.24) is 0 Å². The van der Waals surface area contributed by atoms with Gasteiger partial charge in [0.05, 0.1) is 6.61 Å². The number of ether oxygens (including phenoxy) is 1. The van der Waals surface area contributed by atoms with Gasteiger partial charge in [-0.1, -0.05) is 44.2 Å². The van der Waals surface area contributed by atoms with E-state index in [2.05, 4.69) is 13.8 Å². The van der Waals surface area contributed by atoms with Gasteiger partial charge in [0.1, 0.15) is 0 Å². The minimum atomic E-state index is -0.725. The molecule has 0 aliphatic rings. The van der Waals surface area contributed by atoms with Gasteiger partial charge in [0.25, 0.3) is 0 Å². The third kappa shape index (κ3) is 5.82. The lowest BCUT2D eigenvalue weighted by Gasteiger charge is -2.18. The highest BCUT2D eigenvalue weighted by molar-refractivity contribution is 5.67. The fourth-order valence-electron chi connectivity index (χ4n) is 1.89. The summed E-state index contributed by atoms with van der Waals surface area (Å²) in [6.45, 7) is 5.33. The molecule has 0 spiro atoms. The van der Waals surface area contributed by atoms with Crippen molar-refractivity contribution in [3.8, 4) is 0 Å². The number of carboxylic acids is 1.